The lowest BCUT2D eigenvalue weighted by Crippen LogP contribution is -2.16. The summed E-state index contributed by atoms with van der Waals surface area (Å²) >= 11 is 0. The number of nitrogens with zero attached hydrogens (tertiary/aromatic N) is 1. The molecule has 1 amide bonds. The standard InChI is InChI=1S/C14H17N3O2/c1-10-9-19-14(16-10)17-13(18)8-7-12(15)11-5-3-2-4-6-11/h2-6,9,12H,7-8,15H2,1H3,(H,16,17,18). The van der Waals surface area contributed by atoms with E-state index in [1.54, 1.807) is 6.92 Å². The van der Waals surface area contributed by atoms with Gasteiger partial charge in [0.25, 0.3) is 0 Å². The molecule has 0 fully saturated rings. The number of hydrogen-bond acceptors (Lipinski definition) is 4. The minimum Gasteiger partial charge on any atom is -0.432 e. The van der Waals surface area contributed by atoms with Crippen LogP contribution < -0.4 is 11.1 Å². The van der Waals surface area contributed by atoms with Gasteiger partial charge in [-0.1, -0.05) is 30.3 Å². The molecule has 0 aliphatic rings. The maximum atomic E-state index is 11.7. The summed E-state index contributed by atoms with van der Waals surface area (Å²) in [7, 11) is 0. The quantitative estimate of drug-likeness (QED) is 0.863. The van der Waals surface area contributed by atoms with Crippen LogP contribution in [-0.4, -0.2) is 10.9 Å². The number of hydrogen-bond donors (Lipinski definition) is 2. The van der Waals surface area contributed by atoms with Gasteiger partial charge in [-0.25, -0.2) is 0 Å². The van der Waals surface area contributed by atoms with Crippen molar-refractivity contribution in [1.29, 1.82) is 0 Å². The smallest absolute Gasteiger partial charge is 0.301 e. The van der Waals surface area contributed by atoms with E-state index in [1.165, 1.54) is 6.26 Å². The van der Waals surface area contributed by atoms with Crippen molar-refractivity contribution in [3.63, 3.8) is 0 Å². The molecule has 1 aromatic heterocycles. The maximum Gasteiger partial charge on any atom is 0.301 e. The number of aryl methyl sites for hydroxylation is 1. The van der Waals surface area contributed by atoms with Crippen LogP contribution in [0.15, 0.2) is 41.0 Å². The average Bonchev–Trinajstić information content (AvgIpc) is 2.82. The summed E-state index contributed by atoms with van der Waals surface area (Å²) in [4.78, 5) is 15.7. The van der Waals surface area contributed by atoms with E-state index in [1.807, 2.05) is 30.3 Å². The lowest BCUT2D eigenvalue weighted by atomic mass is 10.0. The molecule has 19 heavy (non-hydrogen) atoms. The topological polar surface area (TPSA) is 81.2 Å². The summed E-state index contributed by atoms with van der Waals surface area (Å²) in [6.07, 6.45) is 2.40. The van der Waals surface area contributed by atoms with Crippen LogP contribution in [0, 0.1) is 6.92 Å². The van der Waals surface area contributed by atoms with Crippen LogP contribution in [0.4, 0.5) is 6.01 Å². The molecule has 0 bridgehead atoms. The highest BCUT2D eigenvalue weighted by molar-refractivity contribution is 5.88. The van der Waals surface area contributed by atoms with E-state index in [4.69, 9.17) is 10.2 Å². The maximum absolute atomic E-state index is 11.7. The van der Waals surface area contributed by atoms with E-state index in [9.17, 15) is 4.79 Å². The number of aromatic nitrogens is 1. The summed E-state index contributed by atoms with van der Waals surface area (Å²) in [6.45, 7) is 1.80. The van der Waals surface area contributed by atoms with Gasteiger partial charge < -0.3 is 10.2 Å². The lowest BCUT2D eigenvalue weighted by molar-refractivity contribution is -0.116. The Kier molecular flexibility index (Phi) is 4.30. The first-order valence-electron chi connectivity index (χ1n) is 6.17. The number of oxazole rings is 1. The van der Waals surface area contributed by atoms with E-state index in [0.717, 1.165) is 11.3 Å². The Bertz CT molecular complexity index is 537. The van der Waals surface area contributed by atoms with Crippen molar-refractivity contribution in [1.82, 2.24) is 4.98 Å². The molecule has 0 aliphatic heterocycles. The molecular formula is C14H17N3O2. The summed E-state index contributed by atoms with van der Waals surface area (Å²) in [6, 6.07) is 9.82. The van der Waals surface area contributed by atoms with Crippen LogP contribution in [0.5, 0.6) is 0 Å². The van der Waals surface area contributed by atoms with Crippen molar-refractivity contribution in [2.45, 2.75) is 25.8 Å². The SMILES string of the molecule is Cc1coc(NC(=O)CCC(N)c2ccccc2)n1. The van der Waals surface area contributed by atoms with Crippen molar-refractivity contribution < 1.29 is 9.21 Å². The molecule has 0 saturated heterocycles. The van der Waals surface area contributed by atoms with Gasteiger partial charge in [0.15, 0.2) is 0 Å². The third kappa shape index (κ3) is 3.93. The van der Waals surface area contributed by atoms with Crippen LogP contribution in [0.25, 0.3) is 0 Å². The average molecular weight is 259 g/mol. The molecule has 100 valence electrons. The van der Waals surface area contributed by atoms with Crippen LogP contribution in [0.2, 0.25) is 0 Å². The van der Waals surface area contributed by atoms with E-state index < -0.39 is 0 Å². The first-order valence-corrected chi connectivity index (χ1v) is 6.17. The minimum atomic E-state index is -0.145. The van der Waals surface area contributed by atoms with E-state index in [0.29, 0.717) is 12.8 Å². The zero-order valence-electron chi connectivity index (χ0n) is 10.8. The third-order valence-electron chi connectivity index (χ3n) is 2.78. The van der Waals surface area contributed by atoms with Crippen molar-refractivity contribution in [3.8, 4) is 0 Å². The first kappa shape index (κ1) is 13.3. The Labute approximate surface area is 111 Å². The van der Waals surface area contributed by atoms with Gasteiger partial charge >= 0.3 is 6.01 Å². The number of nitrogens with two attached hydrogens (primary N) is 1. The number of carbonyl (C=O) groups is 1. The molecule has 1 heterocycles. The summed E-state index contributed by atoms with van der Waals surface area (Å²) in [5.74, 6) is -0.145. The molecular weight excluding hydrogens is 242 g/mol. The fourth-order valence-electron chi connectivity index (χ4n) is 1.75. The van der Waals surface area contributed by atoms with Gasteiger partial charge in [-0.15, -0.1) is 0 Å². The number of benzene rings is 1. The van der Waals surface area contributed by atoms with Crippen LogP contribution in [-0.2, 0) is 4.79 Å². The number of nitrogens with one attached hydrogen (secondary N) is 1. The van der Waals surface area contributed by atoms with Gasteiger partial charge in [0.2, 0.25) is 5.91 Å². The minimum absolute atomic E-state index is 0.141. The van der Waals surface area contributed by atoms with Crippen molar-refractivity contribution in [3.05, 3.63) is 47.9 Å². The number of rotatable bonds is 5. The fourth-order valence-corrected chi connectivity index (χ4v) is 1.75. The van der Waals surface area contributed by atoms with Gasteiger partial charge in [0, 0.05) is 12.5 Å². The molecule has 2 rings (SSSR count). The van der Waals surface area contributed by atoms with E-state index in [2.05, 4.69) is 10.3 Å². The summed E-state index contributed by atoms with van der Waals surface area (Å²) in [5.41, 5.74) is 7.78. The van der Waals surface area contributed by atoms with E-state index in [-0.39, 0.29) is 18.0 Å². The molecule has 0 radical (unpaired) electrons. The van der Waals surface area contributed by atoms with Crippen LogP contribution in [0.1, 0.15) is 30.1 Å². The Balaban J connectivity index is 1.80. The monoisotopic (exact) mass is 259 g/mol. The normalized spacial score (nSPS) is 12.1. The molecule has 1 aromatic carbocycles. The summed E-state index contributed by atoms with van der Waals surface area (Å²) in [5, 5.41) is 2.60. The van der Waals surface area contributed by atoms with Crippen molar-refractivity contribution in [2.75, 3.05) is 5.32 Å². The molecule has 1 unspecified atom stereocenters. The molecule has 2 aromatic rings. The zero-order valence-corrected chi connectivity index (χ0v) is 10.8. The largest absolute Gasteiger partial charge is 0.432 e. The van der Waals surface area contributed by atoms with E-state index >= 15 is 0 Å². The second-order valence-electron chi connectivity index (χ2n) is 4.40. The van der Waals surface area contributed by atoms with Gasteiger partial charge in [0.05, 0.1) is 5.69 Å². The van der Waals surface area contributed by atoms with Gasteiger partial charge in [-0.05, 0) is 18.9 Å². The molecule has 5 nitrogen and oxygen atoms in total. The Hall–Kier alpha value is -2.14. The highest BCUT2D eigenvalue weighted by Gasteiger charge is 2.10. The highest BCUT2D eigenvalue weighted by atomic mass is 16.4. The highest BCUT2D eigenvalue weighted by Crippen LogP contribution is 2.15. The molecule has 5 heteroatoms. The van der Waals surface area contributed by atoms with Gasteiger partial charge in [-0.3, -0.25) is 10.1 Å². The van der Waals surface area contributed by atoms with Crippen molar-refractivity contribution in [2.24, 2.45) is 5.73 Å². The molecule has 0 saturated carbocycles. The number of amides is 1. The Morgan fingerprint density at radius 2 is 2.16 bits per heavy atom. The second kappa shape index (κ2) is 6.15. The molecule has 0 spiro atoms. The third-order valence-corrected chi connectivity index (χ3v) is 2.78. The predicted octanol–water partition coefficient (Wildman–Crippen LogP) is 2.40. The fraction of sp³-hybridized carbons (Fsp3) is 0.286. The zero-order chi connectivity index (χ0) is 13.7. The first-order chi connectivity index (χ1) is 9.15. The van der Waals surface area contributed by atoms with Crippen LogP contribution in [0.3, 0.4) is 0 Å². The molecule has 0 aliphatic carbocycles. The van der Waals surface area contributed by atoms with Gasteiger partial charge in [0.1, 0.15) is 6.26 Å². The second-order valence-corrected chi connectivity index (χ2v) is 4.40. The summed E-state index contributed by atoms with van der Waals surface area (Å²) < 4.78 is 5.05. The molecule has 1 atom stereocenters. The van der Waals surface area contributed by atoms with Gasteiger partial charge in [-0.2, -0.15) is 4.98 Å². The number of carbonyl (C=O) groups excluding carboxylic acids is 1. The Morgan fingerprint density at radius 3 is 2.79 bits per heavy atom. The lowest BCUT2D eigenvalue weighted by Gasteiger charge is -2.10. The Morgan fingerprint density at radius 1 is 1.42 bits per heavy atom. The molecule has 3 N–H and O–H groups in total. The van der Waals surface area contributed by atoms with Crippen molar-refractivity contribution >= 4 is 11.9 Å². The van der Waals surface area contributed by atoms with Crippen LogP contribution >= 0.6 is 0 Å². The number of anilines is 1. The predicted molar refractivity (Wildman–Crippen MR) is 72.5 cm³/mol.